The summed E-state index contributed by atoms with van der Waals surface area (Å²) in [6.45, 7) is 0. The van der Waals surface area contributed by atoms with Crippen LogP contribution in [-0.2, 0) is 0 Å². The molecular weight excluding hydrogens is 245 g/mol. The number of carbonyl (C=O) groups is 1. The summed E-state index contributed by atoms with van der Waals surface area (Å²) in [6, 6.07) is 11.1. The van der Waals surface area contributed by atoms with Crippen LogP contribution in [0.15, 0.2) is 42.6 Å². The largest absolute Gasteiger partial charge is 0.276 e. The molecule has 0 aliphatic heterocycles. The topological polar surface area (TPSA) is 30.0 Å². The molecule has 2 nitrogen and oxygen atoms in total. The highest BCUT2D eigenvalue weighted by Gasteiger charge is 2.11. The fourth-order valence-corrected chi connectivity index (χ4v) is 1.75. The van der Waals surface area contributed by atoms with Gasteiger partial charge in [0.15, 0.2) is 0 Å². The number of carbonyl (C=O) groups excluding carboxylic acids is 1. The van der Waals surface area contributed by atoms with Gasteiger partial charge >= 0.3 is 0 Å². The first-order valence-electron chi connectivity index (χ1n) is 4.59. The van der Waals surface area contributed by atoms with E-state index >= 15 is 0 Å². The van der Waals surface area contributed by atoms with Gasteiger partial charge < -0.3 is 0 Å². The van der Waals surface area contributed by atoms with Gasteiger partial charge in [0.25, 0.3) is 5.24 Å². The molecule has 0 bridgehead atoms. The summed E-state index contributed by atoms with van der Waals surface area (Å²) in [5.74, 6) is 0. The fraction of sp³-hybridized carbons (Fsp3) is 0. The van der Waals surface area contributed by atoms with Gasteiger partial charge in [-0.1, -0.05) is 41.9 Å². The second-order valence-electron chi connectivity index (χ2n) is 3.19. The molecule has 0 fully saturated rings. The molecule has 1 aromatic heterocycles. The number of benzene rings is 1. The zero-order chi connectivity index (χ0) is 11.5. The van der Waals surface area contributed by atoms with Gasteiger partial charge in [-0.2, -0.15) is 0 Å². The smallest absolute Gasteiger partial charge is 0.254 e. The molecule has 1 heterocycles. The van der Waals surface area contributed by atoms with E-state index in [9.17, 15) is 4.79 Å². The summed E-state index contributed by atoms with van der Waals surface area (Å²) in [6.07, 6.45) is 1.39. The average molecular weight is 252 g/mol. The molecule has 0 N–H and O–H groups in total. The van der Waals surface area contributed by atoms with E-state index in [1.165, 1.54) is 6.20 Å². The van der Waals surface area contributed by atoms with Crippen molar-refractivity contribution in [2.45, 2.75) is 0 Å². The lowest BCUT2D eigenvalue weighted by molar-refractivity contribution is 0.108. The Hall–Kier alpha value is -1.38. The lowest BCUT2D eigenvalue weighted by atomic mass is 10.0. The van der Waals surface area contributed by atoms with E-state index in [4.69, 9.17) is 23.2 Å². The lowest BCUT2D eigenvalue weighted by Gasteiger charge is -2.05. The molecule has 0 unspecified atom stereocenters. The van der Waals surface area contributed by atoms with E-state index in [1.54, 1.807) is 6.07 Å². The second kappa shape index (κ2) is 4.64. The van der Waals surface area contributed by atoms with Gasteiger partial charge in [0.2, 0.25) is 0 Å². The van der Waals surface area contributed by atoms with Crippen LogP contribution in [0.5, 0.6) is 0 Å². The van der Waals surface area contributed by atoms with Gasteiger partial charge in [0.05, 0.1) is 5.56 Å². The molecule has 0 radical (unpaired) electrons. The maximum absolute atomic E-state index is 11.2. The summed E-state index contributed by atoms with van der Waals surface area (Å²) in [7, 11) is 0. The highest BCUT2D eigenvalue weighted by molar-refractivity contribution is 6.68. The lowest BCUT2D eigenvalue weighted by Crippen LogP contribution is -1.95. The average Bonchev–Trinajstić information content (AvgIpc) is 2.29. The third kappa shape index (κ3) is 2.23. The van der Waals surface area contributed by atoms with Crippen LogP contribution in [0.3, 0.4) is 0 Å². The van der Waals surface area contributed by atoms with Crippen LogP contribution in [0.1, 0.15) is 10.4 Å². The molecule has 0 aliphatic carbocycles. The van der Waals surface area contributed by atoms with Crippen LogP contribution >= 0.6 is 23.2 Å². The fourth-order valence-electron chi connectivity index (χ4n) is 1.44. The van der Waals surface area contributed by atoms with Gasteiger partial charge in [-0.25, -0.2) is 4.98 Å². The Morgan fingerprint density at radius 3 is 2.50 bits per heavy atom. The standard InChI is InChI=1S/C12H7Cl2NO/c13-11-6-9(8-4-2-1-3-5-8)10(7-15-11)12(14)16/h1-7H. The monoisotopic (exact) mass is 251 g/mol. The van der Waals surface area contributed by atoms with Crippen LogP contribution in [-0.4, -0.2) is 10.2 Å². The van der Waals surface area contributed by atoms with E-state index in [2.05, 4.69) is 4.98 Å². The number of nitrogens with zero attached hydrogens (tertiary/aromatic N) is 1. The summed E-state index contributed by atoms with van der Waals surface area (Å²) >= 11 is 11.3. The van der Waals surface area contributed by atoms with Crippen molar-refractivity contribution in [2.75, 3.05) is 0 Å². The molecule has 0 saturated carbocycles. The van der Waals surface area contributed by atoms with Crippen molar-refractivity contribution in [3.8, 4) is 11.1 Å². The number of pyridine rings is 1. The third-order valence-corrected chi connectivity index (χ3v) is 2.58. The molecule has 2 rings (SSSR count). The molecule has 80 valence electrons. The Kier molecular flexibility index (Phi) is 3.22. The highest BCUT2D eigenvalue weighted by atomic mass is 35.5. The first kappa shape index (κ1) is 11.1. The van der Waals surface area contributed by atoms with Gasteiger partial charge in [-0.3, -0.25) is 4.79 Å². The first-order valence-corrected chi connectivity index (χ1v) is 5.35. The molecule has 2 aromatic rings. The Morgan fingerprint density at radius 1 is 1.19 bits per heavy atom. The number of hydrogen-bond acceptors (Lipinski definition) is 2. The molecule has 1 aromatic carbocycles. The second-order valence-corrected chi connectivity index (χ2v) is 3.92. The zero-order valence-corrected chi connectivity index (χ0v) is 9.66. The number of rotatable bonds is 2. The van der Waals surface area contributed by atoms with Gasteiger partial charge in [-0.15, -0.1) is 0 Å². The first-order chi connectivity index (χ1) is 7.68. The minimum atomic E-state index is -0.539. The normalized spacial score (nSPS) is 10.1. The predicted octanol–water partition coefficient (Wildman–Crippen LogP) is 3.78. The number of halogens is 2. The molecule has 0 atom stereocenters. The van der Waals surface area contributed by atoms with Crippen molar-refractivity contribution in [3.63, 3.8) is 0 Å². The van der Waals surface area contributed by atoms with Crippen molar-refractivity contribution < 1.29 is 4.79 Å². The summed E-state index contributed by atoms with van der Waals surface area (Å²) in [4.78, 5) is 15.1. The SMILES string of the molecule is O=C(Cl)c1cnc(Cl)cc1-c1ccccc1. The minimum absolute atomic E-state index is 0.334. The molecule has 0 saturated heterocycles. The van der Waals surface area contributed by atoms with E-state index in [1.807, 2.05) is 30.3 Å². The van der Waals surface area contributed by atoms with Gasteiger partial charge in [0, 0.05) is 6.20 Å². The number of aromatic nitrogens is 1. The zero-order valence-electron chi connectivity index (χ0n) is 8.15. The van der Waals surface area contributed by atoms with Crippen LogP contribution in [0.2, 0.25) is 5.15 Å². The quantitative estimate of drug-likeness (QED) is 0.601. The molecular formula is C12H7Cl2NO. The van der Waals surface area contributed by atoms with Gasteiger partial charge in [0.1, 0.15) is 5.15 Å². The van der Waals surface area contributed by atoms with Crippen molar-refractivity contribution in [1.82, 2.24) is 4.98 Å². The van der Waals surface area contributed by atoms with Crippen LogP contribution in [0.4, 0.5) is 0 Å². The predicted molar refractivity (Wildman–Crippen MR) is 64.9 cm³/mol. The highest BCUT2D eigenvalue weighted by Crippen LogP contribution is 2.26. The van der Waals surface area contributed by atoms with Crippen LogP contribution < -0.4 is 0 Å². The molecule has 0 aliphatic rings. The molecule has 4 heteroatoms. The molecule has 0 spiro atoms. The van der Waals surface area contributed by atoms with E-state index in [-0.39, 0.29) is 0 Å². The molecule has 16 heavy (non-hydrogen) atoms. The van der Waals surface area contributed by atoms with Crippen molar-refractivity contribution >= 4 is 28.4 Å². The van der Waals surface area contributed by atoms with E-state index in [0.29, 0.717) is 16.3 Å². The summed E-state index contributed by atoms with van der Waals surface area (Å²) in [5.41, 5.74) is 1.94. The summed E-state index contributed by atoms with van der Waals surface area (Å²) in [5, 5.41) is -0.205. The maximum Gasteiger partial charge on any atom is 0.254 e. The van der Waals surface area contributed by atoms with Crippen LogP contribution in [0, 0.1) is 0 Å². The Balaban J connectivity index is 2.63. The minimum Gasteiger partial charge on any atom is -0.276 e. The number of hydrogen-bond donors (Lipinski definition) is 0. The summed E-state index contributed by atoms with van der Waals surface area (Å²) < 4.78 is 0. The Bertz CT molecular complexity index is 526. The molecule has 0 amide bonds. The Labute approximate surface area is 103 Å². The van der Waals surface area contributed by atoms with Crippen molar-refractivity contribution in [1.29, 1.82) is 0 Å². The van der Waals surface area contributed by atoms with E-state index < -0.39 is 5.24 Å². The van der Waals surface area contributed by atoms with Crippen molar-refractivity contribution in [2.24, 2.45) is 0 Å². The maximum atomic E-state index is 11.2. The van der Waals surface area contributed by atoms with Crippen molar-refractivity contribution in [3.05, 3.63) is 53.3 Å². The van der Waals surface area contributed by atoms with Crippen LogP contribution in [0.25, 0.3) is 11.1 Å². The third-order valence-electron chi connectivity index (χ3n) is 2.17. The van der Waals surface area contributed by atoms with Gasteiger partial charge in [-0.05, 0) is 28.8 Å². The van der Waals surface area contributed by atoms with E-state index in [0.717, 1.165) is 5.56 Å². The Morgan fingerprint density at radius 2 is 1.88 bits per heavy atom.